The lowest BCUT2D eigenvalue weighted by molar-refractivity contribution is -0.135. The summed E-state index contributed by atoms with van der Waals surface area (Å²) in [6.45, 7) is 0.905. The average Bonchev–Trinajstić information content (AvgIpc) is 3.00. The first-order valence-corrected chi connectivity index (χ1v) is 7.77. The molecule has 0 bridgehead atoms. The van der Waals surface area contributed by atoms with Gasteiger partial charge < -0.3 is 9.64 Å². The molecule has 0 atom stereocenters. The molecule has 4 nitrogen and oxygen atoms in total. The van der Waals surface area contributed by atoms with Crippen LogP contribution in [0.2, 0.25) is 0 Å². The Hall–Kier alpha value is -2.21. The van der Waals surface area contributed by atoms with Crippen LogP contribution in [0.1, 0.15) is 20.8 Å². The number of halogens is 1. The molecule has 1 amide bonds. The topological polar surface area (TPSA) is 46.6 Å². The second-order valence-electron chi connectivity index (χ2n) is 5.02. The number of nitrogens with zero attached hydrogens (tertiary/aromatic N) is 1. The van der Waals surface area contributed by atoms with Crippen LogP contribution in [-0.4, -0.2) is 29.9 Å². The minimum Gasteiger partial charge on any atom is -0.452 e. The fraction of sp³-hybridized carbons (Fsp3) is 0.250. The van der Waals surface area contributed by atoms with Crippen LogP contribution < -0.4 is 0 Å². The minimum absolute atomic E-state index is 0.215. The molecular formula is C16H14FNO3S. The molecule has 0 spiro atoms. The van der Waals surface area contributed by atoms with Gasteiger partial charge in [-0.3, -0.25) is 4.79 Å². The van der Waals surface area contributed by atoms with Gasteiger partial charge in [-0.2, -0.15) is 0 Å². The Kier molecular flexibility index (Phi) is 4.20. The van der Waals surface area contributed by atoms with Gasteiger partial charge in [0.25, 0.3) is 5.91 Å². The van der Waals surface area contributed by atoms with Crippen molar-refractivity contribution < 1.29 is 18.7 Å². The zero-order valence-corrected chi connectivity index (χ0v) is 12.6. The van der Waals surface area contributed by atoms with Crippen molar-refractivity contribution in [2.45, 2.75) is 13.0 Å². The summed E-state index contributed by atoms with van der Waals surface area (Å²) in [7, 11) is 0. The summed E-state index contributed by atoms with van der Waals surface area (Å²) >= 11 is 1.70. The van der Waals surface area contributed by atoms with Crippen molar-refractivity contribution in [2.24, 2.45) is 0 Å². The number of hydrogen-bond donors (Lipinski definition) is 0. The maximum atomic E-state index is 12.8. The van der Waals surface area contributed by atoms with Gasteiger partial charge in [-0.15, -0.1) is 11.3 Å². The molecule has 114 valence electrons. The van der Waals surface area contributed by atoms with Crippen molar-refractivity contribution in [1.29, 1.82) is 0 Å². The molecule has 22 heavy (non-hydrogen) atoms. The summed E-state index contributed by atoms with van der Waals surface area (Å²) in [5.41, 5.74) is 1.39. The molecule has 0 unspecified atom stereocenters. The van der Waals surface area contributed by atoms with Gasteiger partial charge in [0, 0.05) is 18.0 Å². The van der Waals surface area contributed by atoms with Crippen molar-refractivity contribution >= 4 is 23.2 Å². The predicted molar refractivity (Wildman–Crippen MR) is 80.1 cm³/mol. The first-order chi connectivity index (χ1) is 10.6. The number of carbonyl (C=O) groups excluding carboxylic acids is 2. The molecule has 3 rings (SSSR count). The molecule has 1 aromatic carbocycles. The van der Waals surface area contributed by atoms with E-state index in [1.54, 1.807) is 16.2 Å². The molecule has 1 aliphatic heterocycles. The third-order valence-electron chi connectivity index (χ3n) is 3.57. The summed E-state index contributed by atoms with van der Waals surface area (Å²) < 4.78 is 17.8. The molecule has 0 N–H and O–H groups in total. The third-order valence-corrected chi connectivity index (χ3v) is 4.59. The Balaban J connectivity index is 1.54. The molecule has 6 heteroatoms. The van der Waals surface area contributed by atoms with Gasteiger partial charge in [-0.05, 0) is 47.7 Å². The fourth-order valence-electron chi connectivity index (χ4n) is 2.35. The van der Waals surface area contributed by atoms with E-state index in [4.69, 9.17) is 4.74 Å². The summed E-state index contributed by atoms with van der Waals surface area (Å²) in [4.78, 5) is 26.9. The minimum atomic E-state index is -0.624. The molecule has 2 aromatic rings. The van der Waals surface area contributed by atoms with Crippen LogP contribution >= 0.6 is 11.3 Å². The Morgan fingerprint density at radius 1 is 1.23 bits per heavy atom. The highest BCUT2D eigenvalue weighted by Crippen LogP contribution is 2.23. The lowest BCUT2D eigenvalue weighted by Crippen LogP contribution is -2.38. The van der Waals surface area contributed by atoms with Crippen LogP contribution in [0.15, 0.2) is 35.7 Å². The van der Waals surface area contributed by atoms with E-state index in [2.05, 4.69) is 0 Å². The molecule has 2 heterocycles. The Bertz CT molecular complexity index is 696. The third kappa shape index (κ3) is 3.17. The number of esters is 1. The number of rotatable bonds is 3. The van der Waals surface area contributed by atoms with Gasteiger partial charge in [0.15, 0.2) is 6.61 Å². The standard InChI is InChI=1S/C16H14FNO3S/c17-13-3-1-11(2-4-13)16(20)21-10-15(19)18-7-5-14-12(9-18)6-8-22-14/h1-4,6,8H,5,7,9-10H2. The molecule has 0 aliphatic carbocycles. The summed E-state index contributed by atoms with van der Waals surface area (Å²) in [5.74, 6) is -1.26. The molecule has 0 fully saturated rings. The van der Waals surface area contributed by atoms with Crippen LogP contribution in [-0.2, 0) is 22.5 Å². The van der Waals surface area contributed by atoms with Gasteiger partial charge in [0.1, 0.15) is 5.82 Å². The van der Waals surface area contributed by atoms with Crippen molar-refractivity contribution in [3.05, 3.63) is 57.5 Å². The second-order valence-corrected chi connectivity index (χ2v) is 6.02. The number of thiophene rings is 1. The second kappa shape index (κ2) is 6.27. The molecule has 0 radical (unpaired) electrons. The van der Waals surface area contributed by atoms with E-state index in [1.165, 1.54) is 29.1 Å². The van der Waals surface area contributed by atoms with E-state index in [9.17, 15) is 14.0 Å². The first kappa shape index (κ1) is 14.7. The summed E-state index contributed by atoms with van der Waals surface area (Å²) in [6.07, 6.45) is 0.838. The highest BCUT2D eigenvalue weighted by Gasteiger charge is 2.22. The highest BCUT2D eigenvalue weighted by atomic mass is 32.1. The molecule has 0 saturated carbocycles. The lowest BCUT2D eigenvalue weighted by Gasteiger charge is -2.26. The average molecular weight is 319 g/mol. The molecular weight excluding hydrogens is 305 g/mol. The first-order valence-electron chi connectivity index (χ1n) is 6.89. The van der Waals surface area contributed by atoms with E-state index in [1.807, 2.05) is 11.4 Å². The summed E-state index contributed by atoms with van der Waals surface area (Å²) in [6, 6.07) is 7.05. The Morgan fingerprint density at radius 3 is 2.77 bits per heavy atom. The normalized spacial score (nSPS) is 13.6. The highest BCUT2D eigenvalue weighted by molar-refractivity contribution is 7.10. The smallest absolute Gasteiger partial charge is 0.338 e. The number of ether oxygens (including phenoxy) is 1. The van der Waals surface area contributed by atoms with E-state index in [0.29, 0.717) is 13.1 Å². The lowest BCUT2D eigenvalue weighted by atomic mass is 10.1. The number of fused-ring (bicyclic) bond motifs is 1. The van der Waals surface area contributed by atoms with Crippen molar-refractivity contribution in [3.63, 3.8) is 0 Å². The molecule has 1 aromatic heterocycles. The summed E-state index contributed by atoms with van der Waals surface area (Å²) in [5, 5.41) is 2.02. The number of carbonyl (C=O) groups is 2. The Labute approximate surface area is 131 Å². The monoisotopic (exact) mass is 319 g/mol. The maximum absolute atomic E-state index is 12.8. The van der Waals surface area contributed by atoms with Crippen LogP contribution in [0.25, 0.3) is 0 Å². The number of amides is 1. The van der Waals surface area contributed by atoms with Gasteiger partial charge in [-0.25, -0.2) is 9.18 Å². The predicted octanol–water partition coefficient (Wildman–Crippen LogP) is 2.63. The van der Waals surface area contributed by atoms with Crippen LogP contribution in [0.5, 0.6) is 0 Å². The van der Waals surface area contributed by atoms with Crippen molar-refractivity contribution in [1.82, 2.24) is 4.90 Å². The zero-order valence-electron chi connectivity index (χ0n) is 11.8. The Morgan fingerprint density at radius 2 is 2.00 bits per heavy atom. The van der Waals surface area contributed by atoms with E-state index in [-0.39, 0.29) is 18.1 Å². The van der Waals surface area contributed by atoms with Gasteiger partial charge in [-0.1, -0.05) is 0 Å². The zero-order chi connectivity index (χ0) is 15.5. The number of hydrogen-bond acceptors (Lipinski definition) is 4. The van der Waals surface area contributed by atoms with Gasteiger partial charge in [0.05, 0.1) is 5.56 Å². The van der Waals surface area contributed by atoms with Crippen LogP contribution in [0.4, 0.5) is 4.39 Å². The number of benzene rings is 1. The van der Waals surface area contributed by atoms with E-state index < -0.39 is 11.8 Å². The van der Waals surface area contributed by atoms with E-state index >= 15 is 0 Å². The van der Waals surface area contributed by atoms with Crippen LogP contribution in [0.3, 0.4) is 0 Å². The SMILES string of the molecule is O=C(OCC(=O)N1CCc2sccc2C1)c1ccc(F)cc1. The van der Waals surface area contributed by atoms with Gasteiger partial charge in [0.2, 0.25) is 0 Å². The largest absolute Gasteiger partial charge is 0.452 e. The van der Waals surface area contributed by atoms with Crippen molar-refractivity contribution in [2.75, 3.05) is 13.2 Å². The molecule has 0 saturated heterocycles. The quantitative estimate of drug-likeness (QED) is 0.817. The van der Waals surface area contributed by atoms with E-state index in [0.717, 1.165) is 12.0 Å². The van der Waals surface area contributed by atoms with Crippen molar-refractivity contribution in [3.8, 4) is 0 Å². The van der Waals surface area contributed by atoms with Gasteiger partial charge >= 0.3 is 5.97 Å². The maximum Gasteiger partial charge on any atom is 0.338 e. The fourth-order valence-corrected chi connectivity index (χ4v) is 3.24. The van der Waals surface area contributed by atoms with Crippen LogP contribution in [0, 0.1) is 5.82 Å². The molecule has 1 aliphatic rings.